The van der Waals surface area contributed by atoms with Gasteiger partial charge in [0.05, 0.1) is 18.2 Å². The average molecular weight is 484 g/mol. The highest BCUT2D eigenvalue weighted by Crippen LogP contribution is 2.39. The summed E-state index contributed by atoms with van der Waals surface area (Å²) in [5, 5.41) is 9.70. The van der Waals surface area contributed by atoms with E-state index in [1.54, 1.807) is 20.1 Å². The number of halogens is 1. The van der Waals surface area contributed by atoms with Crippen LogP contribution in [0.25, 0.3) is 16.6 Å². The summed E-state index contributed by atoms with van der Waals surface area (Å²) < 4.78 is 33.3. The van der Waals surface area contributed by atoms with Gasteiger partial charge in [0.2, 0.25) is 0 Å². The van der Waals surface area contributed by atoms with Crippen LogP contribution in [-0.4, -0.2) is 23.3 Å². The minimum Gasteiger partial charge on any atom is -0.492 e. The van der Waals surface area contributed by atoms with Gasteiger partial charge in [-0.25, -0.2) is 9.37 Å². The van der Waals surface area contributed by atoms with Crippen molar-refractivity contribution >= 4 is 16.6 Å². The Morgan fingerprint density at radius 1 is 1.17 bits per heavy atom. The molecule has 182 valence electrons. The van der Waals surface area contributed by atoms with E-state index >= 15 is 0 Å². The fraction of sp³-hybridized carbons (Fsp3) is 0.241. The van der Waals surface area contributed by atoms with E-state index in [1.807, 2.05) is 37.3 Å². The molecule has 1 aliphatic heterocycles. The second-order valence-corrected chi connectivity index (χ2v) is 8.64. The molecule has 0 bridgehead atoms. The van der Waals surface area contributed by atoms with E-state index in [9.17, 15) is 9.65 Å². The van der Waals surface area contributed by atoms with Crippen LogP contribution in [0.3, 0.4) is 0 Å². The lowest BCUT2D eigenvalue weighted by Gasteiger charge is -2.14. The molecule has 36 heavy (non-hydrogen) atoms. The van der Waals surface area contributed by atoms with Gasteiger partial charge in [0.1, 0.15) is 41.9 Å². The number of allylic oxidation sites excluding steroid dienone is 1. The van der Waals surface area contributed by atoms with Gasteiger partial charge in [0, 0.05) is 36.4 Å². The van der Waals surface area contributed by atoms with Crippen LogP contribution < -0.4 is 9.47 Å². The summed E-state index contributed by atoms with van der Waals surface area (Å²) in [4.78, 5) is 4.81. The van der Waals surface area contributed by atoms with E-state index in [0.29, 0.717) is 36.6 Å². The first-order valence-corrected chi connectivity index (χ1v) is 11.8. The van der Waals surface area contributed by atoms with Gasteiger partial charge < -0.3 is 18.8 Å². The van der Waals surface area contributed by atoms with Crippen LogP contribution in [0.15, 0.2) is 60.2 Å². The minimum atomic E-state index is -0.376. The number of hydrogen-bond acceptors (Lipinski definition) is 5. The maximum atomic E-state index is 14.0. The molecular weight excluding hydrogens is 457 g/mol. The Labute approximate surface area is 209 Å². The predicted octanol–water partition coefficient (Wildman–Crippen LogP) is 6.01. The smallest absolute Gasteiger partial charge is 0.147 e. The lowest BCUT2D eigenvalue weighted by molar-refractivity contribution is 0.175. The van der Waals surface area contributed by atoms with Crippen molar-refractivity contribution in [3.05, 3.63) is 94.1 Å². The SMILES string of the molecule is CCOc1cccc2c1nc(COC)n2Cc1ccc2c(c1)COc1cc(F)ccc1/C2=C(\C)C#N. The monoisotopic (exact) mass is 483 g/mol. The molecule has 0 amide bonds. The highest BCUT2D eigenvalue weighted by atomic mass is 19.1. The number of nitriles is 1. The molecule has 7 heteroatoms. The Morgan fingerprint density at radius 3 is 2.78 bits per heavy atom. The van der Waals surface area contributed by atoms with Crippen LogP contribution in [-0.2, 0) is 24.5 Å². The zero-order chi connectivity index (χ0) is 25.2. The number of methoxy groups -OCH3 is 1. The third-order valence-electron chi connectivity index (χ3n) is 6.31. The van der Waals surface area contributed by atoms with Crippen molar-refractivity contribution < 1.29 is 18.6 Å². The van der Waals surface area contributed by atoms with E-state index in [1.165, 1.54) is 12.1 Å². The minimum absolute atomic E-state index is 0.270. The maximum absolute atomic E-state index is 14.0. The molecule has 2 heterocycles. The van der Waals surface area contributed by atoms with E-state index in [2.05, 4.69) is 16.7 Å². The van der Waals surface area contributed by atoms with Crippen LogP contribution in [0.2, 0.25) is 0 Å². The molecular formula is C29H26FN3O3. The molecule has 0 radical (unpaired) electrons. The standard InChI is InChI=1S/C29H26FN3O3/c1-4-35-25-7-5-6-24-29(25)32-27(17-34-3)33(24)15-19-8-10-22-20(12-19)16-36-26-13-21(30)9-11-23(26)28(22)18(2)14-31/h5-13H,4,15-17H2,1-3H3/b28-18+. The number of benzene rings is 3. The summed E-state index contributed by atoms with van der Waals surface area (Å²) in [7, 11) is 1.65. The van der Waals surface area contributed by atoms with Crippen LogP contribution in [0.4, 0.5) is 4.39 Å². The number of aromatic nitrogens is 2. The van der Waals surface area contributed by atoms with Crippen molar-refractivity contribution in [2.45, 2.75) is 33.6 Å². The summed E-state index contributed by atoms with van der Waals surface area (Å²) >= 11 is 0. The van der Waals surface area contributed by atoms with E-state index < -0.39 is 0 Å². The van der Waals surface area contributed by atoms with Crippen molar-refractivity contribution in [1.29, 1.82) is 5.26 Å². The molecule has 3 aromatic carbocycles. The van der Waals surface area contributed by atoms with Crippen LogP contribution >= 0.6 is 0 Å². The van der Waals surface area contributed by atoms with E-state index in [0.717, 1.165) is 44.9 Å². The van der Waals surface area contributed by atoms with Crippen molar-refractivity contribution in [1.82, 2.24) is 9.55 Å². The molecule has 0 aliphatic carbocycles. The van der Waals surface area contributed by atoms with Gasteiger partial charge in [-0.3, -0.25) is 0 Å². The van der Waals surface area contributed by atoms with Gasteiger partial charge in [0.15, 0.2) is 0 Å². The van der Waals surface area contributed by atoms with E-state index in [-0.39, 0.29) is 12.4 Å². The summed E-state index contributed by atoms with van der Waals surface area (Å²) in [6.45, 7) is 5.48. The Hall–Kier alpha value is -4.15. The molecule has 0 fully saturated rings. The Balaban J connectivity index is 1.59. The van der Waals surface area contributed by atoms with Gasteiger partial charge in [-0.15, -0.1) is 0 Å². The number of ether oxygens (including phenoxy) is 3. The molecule has 1 aliphatic rings. The van der Waals surface area contributed by atoms with Gasteiger partial charge in [0.25, 0.3) is 0 Å². The highest BCUT2D eigenvalue weighted by Gasteiger charge is 2.23. The van der Waals surface area contributed by atoms with Crippen molar-refractivity contribution in [3.63, 3.8) is 0 Å². The predicted molar refractivity (Wildman–Crippen MR) is 135 cm³/mol. The number of para-hydroxylation sites is 1. The first-order chi connectivity index (χ1) is 17.5. The quantitative estimate of drug-likeness (QED) is 0.314. The lowest BCUT2D eigenvalue weighted by atomic mass is 9.90. The molecule has 0 unspecified atom stereocenters. The van der Waals surface area contributed by atoms with Crippen LogP contribution in [0.1, 0.15) is 41.9 Å². The summed E-state index contributed by atoms with van der Waals surface area (Å²) in [6, 6.07) is 18.8. The summed E-state index contributed by atoms with van der Waals surface area (Å²) in [6.07, 6.45) is 0. The van der Waals surface area contributed by atoms with Gasteiger partial charge >= 0.3 is 0 Å². The second kappa shape index (κ2) is 9.84. The first kappa shape index (κ1) is 23.6. The molecule has 0 N–H and O–H groups in total. The van der Waals surface area contributed by atoms with Crippen LogP contribution in [0, 0.1) is 17.1 Å². The second-order valence-electron chi connectivity index (χ2n) is 8.64. The third kappa shape index (κ3) is 4.21. The Bertz CT molecular complexity index is 1530. The number of nitrogens with zero attached hydrogens (tertiary/aromatic N) is 3. The summed E-state index contributed by atoms with van der Waals surface area (Å²) in [5.41, 5.74) is 6.68. The first-order valence-electron chi connectivity index (χ1n) is 11.8. The zero-order valence-electron chi connectivity index (χ0n) is 20.5. The molecule has 0 atom stereocenters. The van der Waals surface area contributed by atoms with Gasteiger partial charge in [-0.05, 0) is 60.9 Å². The number of hydrogen-bond donors (Lipinski definition) is 0. The Morgan fingerprint density at radius 2 is 2.00 bits per heavy atom. The van der Waals surface area contributed by atoms with Gasteiger partial charge in [-0.1, -0.05) is 18.2 Å². The van der Waals surface area contributed by atoms with E-state index in [4.69, 9.17) is 19.2 Å². The largest absolute Gasteiger partial charge is 0.492 e. The molecule has 5 rings (SSSR count). The normalized spacial score (nSPS) is 13.9. The van der Waals surface area contributed by atoms with Gasteiger partial charge in [-0.2, -0.15) is 5.26 Å². The number of fused-ring (bicyclic) bond motifs is 3. The van der Waals surface area contributed by atoms with Crippen molar-refractivity contribution in [2.75, 3.05) is 13.7 Å². The molecule has 4 aromatic rings. The Kier molecular flexibility index (Phi) is 6.45. The number of rotatable bonds is 6. The lowest BCUT2D eigenvalue weighted by Crippen LogP contribution is -2.07. The molecule has 6 nitrogen and oxygen atoms in total. The fourth-order valence-corrected chi connectivity index (χ4v) is 4.73. The number of imidazole rings is 1. The van der Waals surface area contributed by atoms with Crippen molar-refractivity contribution in [3.8, 4) is 17.6 Å². The maximum Gasteiger partial charge on any atom is 0.147 e. The fourth-order valence-electron chi connectivity index (χ4n) is 4.73. The molecule has 0 saturated heterocycles. The molecule has 1 aromatic heterocycles. The summed E-state index contributed by atoms with van der Waals surface area (Å²) in [5.74, 6) is 1.60. The van der Waals surface area contributed by atoms with Crippen LogP contribution in [0.5, 0.6) is 11.5 Å². The molecule has 0 spiro atoms. The van der Waals surface area contributed by atoms with Crippen molar-refractivity contribution in [2.24, 2.45) is 0 Å². The zero-order valence-corrected chi connectivity index (χ0v) is 20.5. The highest BCUT2D eigenvalue weighted by molar-refractivity contribution is 5.88. The third-order valence-corrected chi connectivity index (χ3v) is 6.31. The molecule has 0 saturated carbocycles. The topological polar surface area (TPSA) is 69.3 Å². The average Bonchev–Trinajstić information content (AvgIpc) is 3.13.